The Hall–Kier alpha value is -3.39. The van der Waals surface area contributed by atoms with Crippen LogP contribution < -0.4 is 9.14 Å². The second-order valence-corrected chi connectivity index (χ2v) is 7.45. The Morgan fingerprint density at radius 2 is 1.50 bits per heavy atom. The summed E-state index contributed by atoms with van der Waals surface area (Å²) in [5, 5.41) is 4.94. The lowest BCUT2D eigenvalue weighted by atomic mass is 9.98. The molecule has 0 aliphatic rings. The molecule has 0 aliphatic carbocycles. The Bertz CT molecular complexity index is 1350. The van der Waals surface area contributed by atoms with Gasteiger partial charge in [0.2, 0.25) is 5.52 Å². The van der Waals surface area contributed by atoms with Gasteiger partial charge in [-0.05, 0) is 59.5 Å². The monoisotopic (exact) mass is 364 g/mol. The molecule has 0 aliphatic heterocycles. The number of hydrogen-bond acceptors (Lipinski definition) is 1. The molecule has 2 heterocycles. The fourth-order valence-corrected chi connectivity index (χ4v) is 4.01. The summed E-state index contributed by atoms with van der Waals surface area (Å²) >= 11 is 0. The van der Waals surface area contributed by atoms with Crippen molar-refractivity contribution in [2.75, 3.05) is 7.11 Å². The summed E-state index contributed by atoms with van der Waals surface area (Å²) in [7, 11) is 1.74. The maximum Gasteiger partial charge on any atom is 0.219 e. The van der Waals surface area contributed by atoms with Crippen LogP contribution in [0.3, 0.4) is 0 Å². The summed E-state index contributed by atoms with van der Waals surface area (Å²) in [6.07, 6.45) is 4.36. The molecule has 2 heteroatoms. The first kappa shape index (κ1) is 16.8. The number of pyridine rings is 2. The zero-order valence-electron chi connectivity index (χ0n) is 16.4. The molecule has 5 rings (SSSR count). The first-order valence-electron chi connectivity index (χ1n) is 9.56. The lowest BCUT2D eigenvalue weighted by Crippen LogP contribution is -2.20. The van der Waals surface area contributed by atoms with Gasteiger partial charge in [-0.2, -0.15) is 4.40 Å². The quantitative estimate of drug-likeness (QED) is 0.212. The molecular weight excluding hydrogens is 342 g/mol. The molecule has 136 valence electrons. The number of hydrogen-bond donors (Lipinski definition) is 0. The van der Waals surface area contributed by atoms with Crippen LogP contribution in [-0.4, -0.2) is 7.11 Å². The van der Waals surface area contributed by atoms with Crippen LogP contribution >= 0.6 is 0 Å². The molecule has 0 fully saturated rings. The van der Waals surface area contributed by atoms with E-state index in [0.717, 1.165) is 16.9 Å². The van der Waals surface area contributed by atoms with Crippen molar-refractivity contribution in [2.45, 2.75) is 13.8 Å². The summed E-state index contributed by atoms with van der Waals surface area (Å²) in [5.74, 6) is 0.898. The van der Waals surface area contributed by atoms with Crippen LogP contribution in [0, 0.1) is 13.8 Å². The Morgan fingerprint density at radius 3 is 2.25 bits per heavy atom. The Labute approximate surface area is 164 Å². The van der Waals surface area contributed by atoms with E-state index in [4.69, 9.17) is 4.74 Å². The van der Waals surface area contributed by atoms with Crippen molar-refractivity contribution >= 4 is 27.1 Å². The maximum absolute atomic E-state index is 5.71. The van der Waals surface area contributed by atoms with Crippen LogP contribution in [0.4, 0.5) is 0 Å². The summed E-state index contributed by atoms with van der Waals surface area (Å²) in [6, 6.07) is 23.8. The average molecular weight is 364 g/mol. The smallest absolute Gasteiger partial charge is 0.219 e. The number of benzene rings is 3. The van der Waals surface area contributed by atoms with E-state index >= 15 is 0 Å². The zero-order valence-corrected chi connectivity index (χ0v) is 16.4. The van der Waals surface area contributed by atoms with Crippen LogP contribution in [0.2, 0.25) is 0 Å². The molecule has 0 radical (unpaired) electrons. The maximum atomic E-state index is 5.71. The lowest BCUT2D eigenvalue weighted by molar-refractivity contribution is -0.509. The number of aryl methyl sites for hydroxylation is 2. The predicted molar refractivity (Wildman–Crippen MR) is 116 cm³/mol. The van der Waals surface area contributed by atoms with Gasteiger partial charge < -0.3 is 4.74 Å². The lowest BCUT2D eigenvalue weighted by Gasteiger charge is -2.11. The molecular formula is C26H22NO+. The largest absolute Gasteiger partial charge is 0.496 e. The van der Waals surface area contributed by atoms with E-state index in [0.29, 0.717) is 0 Å². The highest BCUT2D eigenvalue weighted by atomic mass is 16.5. The topological polar surface area (TPSA) is 13.3 Å². The van der Waals surface area contributed by atoms with Gasteiger partial charge in [0.1, 0.15) is 5.75 Å². The van der Waals surface area contributed by atoms with Gasteiger partial charge in [0.05, 0.1) is 12.5 Å². The molecule has 0 saturated carbocycles. The normalized spacial score (nSPS) is 11.4. The molecule has 28 heavy (non-hydrogen) atoms. The van der Waals surface area contributed by atoms with Crippen molar-refractivity contribution in [2.24, 2.45) is 0 Å². The van der Waals surface area contributed by atoms with Crippen molar-refractivity contribution in [3.05, 3.63) is 90.3 Å². The second-order valence-electron chi connectivity index (χ2n) is 7.45. The predicted octanol–water partition coefficient (Wildman–Crippen LogP) is 6.02. The van der Waals surface area contributed by atoms with Crippen molar-refractivity contribution < 1.29 is 9.14 Å². The van der Waals surface area contributed by atoms with Crippen LogP contribution in [0.5, 0.6) is 5.75 Å². The van der Waals surface area contributed by atoms with Crippen LogP contribution in [0.25, 0.3) is 38.2 Å². The minimum Gasteiger partial charge on any atom is -0.496 e. The summed E-state index contributed by atoms with van der Waals surface area (Å²) in [4.78, 5) is 0. The molecule has 0 unspecified atom stereocenters. The van der Waals surface area contributed by atoms with Gasteiger partial charge in [0.15, 0.2) is 12.4 Å². The summed E-state index contributed by atoms with van der Waals surface area (Å²) < 4.78 is 7.94. The van der Waals surface area contributed by atoms with Crippen molar-refractivity contribution in [1.29, 1.82) is 0 Å². The van der Waals surface area contributed by atoms with Crippen LogP contribution in [-0.2, 0) is 0 Å². The molecule has 0 atom stereocenters. The standard InChI is InChI=1S/C26H22NO/c1-17-11-21-13-25-23-15-24(19-7-5-4-6-8-19)26(28-3)14-20(23)9-10-27(25)16-22(21)12-18(17)2/h4-16H,1-3H3/q+1. The van der Waals surface area contributed by atoms with E-state index < -0.39 is 0 Å². The van der Waals surface area contributed by atoms with Gasteiger partial charge in [-0.25, -0.2) is 0 Å². The van der Waals surface area contributed by atoms with Crippen molar-refractivity contribution in [1.82, 2.24) is 0 Å². The molecule has 0 bridgehead atoms. The zero-order chi connectivity index (χ0) is 19.3. The van der Waals surface area contributed by atoms with Gasteiger partial charge >= 0.3 is 0 Å². The van der Waals surface area contributed by atoms with Gasteiger partial charge in [-0.3, -0.25) is 0 Å². The van der Waals surface area contributed by atoms with Gasteiger partial charge in [-0.1, -0.05) is 36.4 Å². The average Bonchev–Trinajstić information content (AvgIpc) is 2.73. The van der Waals surface area contributed by atoms with E-state index in [1.54, 1.807) is 7.11 Å². The molecule has 0 spiro atoms. The highest BCUT2D eigenvalue weighted by Crippen LogP contribution is 2.35. The number of methoxy groups -OCH3 is 1. The SMILES string of the molecule is COc1cc2cc[n+]3cc4cc(C)c(C)cc4cc3c2cc1-c1ccccc1. The van der Waals surface area contributed by atoms with Crippen molar-refractivity contribution in [3.63, 3.8) is 0 Å². The number of fused-ring (bicyclic) bond motifs is 4. The number of rotatable bonds is 2. The first-order valence-corrected chi connectivity index (χ1v) is 9.56. The number of aromatic nitrogens is 1. The van der Waals surface area contributed by atoms with Gasteiger partial charge in [0, 0.05) is 23.1 Å². The molecule has 5 aromatic rings. The summed E-state index contributed by atoms with van der Waals surface area (Å²) in [6.45, 7) is 4.34. The molecule has 3 aromatic carbocycles. The molecule has 2 nitrogen and oxygen atoms in total. The highest BCUT2D eigenvalue weighted by molar-refractivity contribution is 6.01. The number of nitrogens with zero attached hydrogens (tertiary/aromatic N) is 1. The molecule has 0 amide bonds. The van der Waals surface area contributed by atoms with E-state index in [9.17, 15) is 0 Å². The fourth-order valence-electron chi connectivity index (χ4n) is 4.01. The Balaban J connectivity index is 1.87. The van der Waals surface area contributed by atoms with E-state index in [1.165, 1.54) is 38.2 Å². The molecule has 0 N–H and O–H groups in total. The second kappa shape index (κ2) is 6.35. The minimum absolute atomic E-state index is 0.898. The van der Waals surface area contributed by atoms with E-state index in [1.807, 2.05) is 6.07 Å². The fraction of sp³-hybridized carbons (Fsp3) is 0.115. The van der Waals surface area contributed by atoms with Crippen molar-refractivity contribution in [3.8, 4) is 16.9 Å². The first-order chi connectivity index (χ1) is 13.6. The van der Waals surface area contributed by atoms with Gasteiger partial charge in [-0.15, -0.1) is 0 Å². The van der Waals surface area contributed by atoms with E-state index in [2.05, 4.69) is 91.3 Å². The third-order valence-electron chi connectivity index (χ3n) is 5.70. The summed E-state index contributed by atoms with van der Waals surface area (Å²) in [5.41, 5.74) is 6.13. The number of ether oxygens (including phenoxy) is 1. The molecule has 2 aromatic heterocycles. The highest BCUT2D eigenvalue weighted by Gasteiger charge is 2.15. The third kappa shape index (κ3) is 2.61. The van der Waals surface area contributed by atoms with Gasteiger partial charge in [0.25, 0.3) is 0 Å². The molecule has 0 saturated heterocycles. The Kier molecular flexibility index (Phi) is 3.80. The van der Waals surface area contributed by atoms with E-state index in [-0.39, 0.29) is 0 Å². The Morgan fingerprint density at radius 1 is 0.750 bits per heavy atom. The van der Waals surface area contributed by atoms with Crippen LogP contribution in [0.1, 0.15) is 11.1 Å². The third-order valence-corrected chi connectivity index (χ3v) is 5.70. The van der Waals surface area contributed by atoms with Crippen LogP contribution in [0.15, 0.2) is 79.1 Å². The minimum atomic E-state index is 0.898.